The van der Waals surface area contributed by atoms with E-state index in [1.54, 1.807) is 49.0 Å². The van der Waals surface area contributed by atoms with E-state index in [-0.39, 0.29) is 58.9 Å². The lowest BCUT2D eigenvalue weighted by atomic mass is 9.96. The molecule has 3 heterocycles. The maximum absolute atomic E-state index is 14.1. The number of likely N-dealkylation sites (N-methyl/N-ethyl adjacent to an activating group) is 1. The predicted octanol–water partition coefficient (Wildman–Crippen LogP) is 4.44. The van der Waals surface area contributed by atoms with E-state index in [9.17, 15) is 28.4 Å². The van der Waals surface area contributed by atoms with Crippen molar-refractivity contribution in [3.63, 3.8) is 0 Å². The Hall–Kier alpha value is -4.50. The number of carbonyl (C=O) groups excluding carboxylic acids is 3. The first-order valence-electron chi connectivity index (χ1n) is 13.6. The molecule has 0 spiro atoms. The van der Waals surface area contributed by atoms with E-state index in [0.717, 1.165) is 0 Å². The van der Waals surface area contributed by atoms with Gasteiger partial charge in [0.2, 0.25) is 5.91 Å². The Bertz CT molecular complexity index is 1630. The molecule has 224 valence electrons. The first-order chi connectivity index (χ1) is 20.4. The lowest BCUT2D eigenvalue weighted by Crippen LogP contribution is -2.49. The van der Waals surface area contributed by atoms with E-state index < -0.39 is 18.7 Å². The van der Waals surface area contributed by atoms with Gasteiger partial charge in [0.05, 0.1) is 35.4 Å². The molecule has 1 aromatic heterocycles. The van der Waals surface area contributed by atoms with Crippen LogP contribution in [-0.2, 0) is 17.8 Å². The molecule has 0 radical (unpaired) electrons. The van der Waals surface area contributed by atoms with Crippen LogP contribution in [0.15, 0.2) is 42.5 Å². The number of benzene rings is 2. The van der Waals surface area contributed by atoms with Crippen molar-refractivity contribution < 1.29 is 27.9 Å². The largest absolute Gasteiger partial charge is 0.435 e. The minimum atomic E-state index is -2.96. The zero-order chi connectivity index (χ0) is 31.2. The molecule has 0 saturated carbocycles. The third-order valence-electron chi connectivity index (χ3n) is 7.94. The number of nitriles is 1. The van der Waals surface area contributed by atoms with Crippen molar-refractivity contribution in [2.75, 3.05) is 20.6 Å². The molecule has 3 atom stereocenters. The fourth-order valence-electron chi connectivity index (χ4n) is 5.60. The molecule has 13 heteroatoms. The number of fused-ring (bicyclic) bond motifs is 3. The topological polar surface area (TPSA) is 112 Å². The van der Waals surface area contributed by atoms with Crippen molar-refractivity contribution >= 4 is 29.3 Å². The van der Waals surface area contributed by atoms with Crippen LogP contribution < -0.4 is 4.74 Å². The number of hydrogen-bond donors (Lipinski definition) is 0. The summed E-state index contributed by atoms with van der Waals surface area (Å²) in [5.74, 6) is -0.952. The quantitative estimate of drug-likeness (QED) is 0.408. The second-order valence-corrected chi connectivity index (χ2v) is 11.2. The molecule has 10 nitrogen and oxygen atoms in total. The number of amides is 3. The van der Waals surface area contributed by atoms with E-state index >= 15 is 0 Å². The van der Waals surface area contributed by atoms with Crippen LogP contribution in [0.3, 0.4) is 0 Å². The first kappa shape index (κ1) is 30.0. The van der Waals surface area contributed by atoms with Gasteiger partial charge in [0.15, 0.2) is 0 Å². The number of aromatic nitrogens is 2. The van der Waals surface area contributed by atoms with Crippen molar-refractivity contribution in [1.82, 2.24) is 24.5 Å². The van der Waals surface area contributed by atoms with E-state index in [1.165, 1.54) is 33.8 Å². The second-order valence-electron chi connectivity index (χ2n) is 10.8. The van der Waals surface area contributed by atoms with Gasteiger partial charge in [-0.3, -0.25) is 14.4 Å². The molecular formula is C30H29ClF2N6O4. The number of halogens is 3. The van der Waals surface area contributed by atoms with Gasteiger partial charge in [-0.05, 0) is 49.7 Å². The molecule has 43 heavy (non-hydrogen) atoms. The van der Waals surface area contributed by atoms with Crippen molar-refractivity contribution in [3.8, 4) is 11.8 Å². The molecule has 0 unspecified atom stereocenters. The molecule has 0 fully saturated rings. The van der Waals surface area contributed by atoms with Crippen LogP contribution in [0.1, 0.15) is 69.2 Å². The average Bonchev–Trinajstić information content (AvgIpc) is 3.34. The van der Waals surface area contributed by atoms with Crippen LogP contribution in [0.4, 0.5) is 8.78 Å². The highest BCUT2D eigenvalue weighted by atomic mass is 35.5. The van der Waals surface area contributed by atoms with E-state index in [0.29, 0.717) is 28.8 Å². The van der Waals surface area contributed by atoms with Crippen LogP contribution in [0.5, 0.6) is 5.75 Å². The molecule has 5 rings (SSSR count). The molecule has 0 saturated heterocycles. The van der Waals surface area contributed by atoms with Crippen LogP contribution in [0.2, 0.25) is 5.02 Å². The minimum absolute atomic E-state index is 0.00909. The summed E-state index contributed by atoms with van der Waals surface area (Å²) in [6.07, 6.45) is 0.358. The fraction of sp³-hybridized carbons (Fsp3) is 0.367. The summed E-state index contributed by atoms with van der Waals surface area (Å²) < 4.78 is 31.2. The van der Waals surface area contributed by atoms with Gasteiger partial charge in [-0.1, -0.05) is 23.7 Å². The van der Waals surface area contributed by atoms with Gasteiger partial charge in [0, 0.05) is 37.7 Å². The standard InChI is InChI=1S/C30H29ClF2N6O4/c1-16-11-24-22(14-37(16)27(40)19-7-10-23(31)20(12-19)13-34)26-29(42)38(15-25(39(26)35-24)28(41)36(3)4)17(2)18-5-8-21(9-6-18)43-30(32)33/h5-10,12,16-17,25,30H,11,14-15H2,1-4H3/t16-,17+,25+/m1/s1. The molecule has 2 aromatic carbocycles. The summed E-state index contributed by atoms with van der Waals surface area (Å²) >= 11 is 6.07. The van der Waals surface area contributed by atoms with Crippen molar-refractivity contribution in [1.29, 1.82) is 5.26 Å². The number of nitrogens with zero attached hydrogens (tertiary/aromatic N) is 6. The van der Waals surface area contributed by atoms with Crippen LogP contribution in [0.25, 0.3) is 0 Å². The number of carbonyl (C=O) groups is 3. The van der Waals surface area contributed by atoms with Crippen LogP contribution >= 0.6 is 11.6 Å². The summed E-state index contributed by atoms with van der Waals surface area (Å²) in [5.41, 5.74) is 2.55. The molecule has 2 aliphatic rings. The predicted molar refractivity (Wildman–Crippen MR) is 152 cm³/mol. The number of ether oxygens (including phenoxy) is 1. The highest BCUT2D eigenvalue weighted by molar-refractivity contribution is 6.31. The smallest absolute Gasteiger partial charge is 0.387 e. The Balaban J connectivity index is 1.52. The lowest BCUT2D eigenvalue weighted by Gasteiger charge is -2.38. The van der Waals surface area contributed by atoms with Gasteiger partial charge in [-0.2, -0.15) is 19.1 Å². The third kappa shape index (κ3) is 5.52. The summed E-state index contributed by atoms with van der Waals surface area (Å²) in [5, 5.41) is 14.3. The molecule has 3 aromatic rings. The van der Waals surface area contributed by atoms with Gasteiger partial charge in [-0.25, -0.2) is 4.68 Å². The summed E-state index contributed by atoms with van der Waals surface area (Å²) in [7, 11) is 3.25. The molecular weight excluding hydrogens is 582 g/mol. The highest BCUT2D eigenvalue weighted by Crippen LogP contribution is 2.36. The molecule has 3 amide bonds. The molecule has 0 aliphatic carbocycles. The lowest BCUT2D eigenvalue weighted by molar-refractivity contribution is -0.133. The zero-order valence-electron chi connectivity index (χ0n) is 23.9. The Labute approximate surface area is 252 Å². The first-order valence-corrected chi connectivity index (χ1v) is 14.0. The summed E-state index contributed by atoms with van der Waals surface area (Å²) in [4.78, 5) is 45.7. The van der Waals surface area contributed by atoms with Gasteiger partial charge in [0.25, 0.3) is 11.8 Å². The Morgan fingerprint density at radius 1 is 1.19 bits per heavy atom. The Morgan fingerprint density at radius 3 is 2.51 bits per heavy atom. The third-order valence-corrected chi connectivity index (χ3v) is 8.27. The molecule has 0 N–H and O–H groups in total. The minimum Gasteiger partial charge on any atom is -0.435 e. The SMILES string of the molecule is C[C@@H]1Cc2nn3c(c2CN1C(=O)c1ccc(Cl)c(C#N)c1)C(=O)N([C@@H](C)c1ccc(OC(F)F)cc1)C[C@H]3C(=O)N(C)C. The highest BCUT2D eigenvalue weighted by Gasteiger charge is 2.44. The fourth-order valence-corrected chi connectivity index (χ4v) is 5.76. The normalized spacial score (nSPS) is 18.5. The van der Waals surface area contributed by atoms with E-state index in [4.69, 9.17) is 16.7 Å². The Kier molecular flexibility index (Phi) is 8.12. The monoisotopic (exact) mass is 610 g/mol. The van der Waals surface area contributed by atoms with Crippen LogP contribution in [0, 0.1) is 11.3 Å². The molecule has 0 bridgehead atoms. The summed E-state index contributed by atoms with van der Waals surface area (Å²) in [6, 6.07) is 10.9. The van der Waals surface area contributed by atoms with E-state index in [2.05, 4.69) is 4.74 Å². The summed E-state index contributed by atoms with van der Waals surface area (Å²) in [6.45, 7) is 0.826. The van der Waals surface area contributed by atoms with Gasteiger partial charge >= 0.3 is 6.61 Å². The van der Waals surface area contributed by atoms with Crippen molar-refractivity contribution in [2.24, 2.45) is 0 Å². The number of rotatable bonds is 6. The van der Waals surface area contributed by atoms with Gasteiger partial charge in [-0.15, -0.1) is 0 Å². The van der Waals surface area contributed by atoms with Crippen molar-refractivity contribution in [2.45, 2.75) is 51.6 Å². The second kappa shape index (κ2) is 11.6. The van der Waals surface area contributed by atoms with Crippen molar-refractivity contribution in [3.05, 3.63) is 81.1 Å². The number of hydrogen-bond acceptors (Lipinski definition) is 6. The molecule has 2 aliphatic heterocycles. The maximum Gasteiger partial charge on any atom is 0.387 e. The zero-order valence-corrected chi connectivity index (χ0v) is 24.7. The Morgan fingerprint density at radius 2 is 1.88 bits per heavy atom. The van der Waals surface area contributed by atoms with Gasteiger partial charge < -0.3 is 19.4 Å². The maximum atomic E-state index is 14.1. The van der Waals surface area contributed by atoms with Gasteiger partial charge in [0.1, 0.15) is 23.6 Å². The average molecular weight is 611 g/mol. The van der Waals surface area contributed by atoms with Crippen LogP contribution in [-0.4, -0.2) is 75.5 Å². The van der Waals surface area contributed by atoms with E-state index in [1.807, 2.05) is 13.0 Å². The number of alkyl halides is 2.